The van der Waals surface area contributed by atoms with Gasteiger partial charge in [-0.3, -0.25) is 0 Å². The van der Waals surface area contributed by atoms with Crippen LogP contribution in [0, 0.1) is 0 Å². The maximum atomic E-state index is 2.36. The van der Waals surface area contributed by atoms with Crippen molar-refractivity contribution >= 4 is 24.3 Å². The predicted octanol–water partition coefficient (Wildman–Crippen LogP) is 11.7. The van der Waals surface area contributed by atoms with Crippen LogP contribution in [-0.4, -0.2) is 0 Å². The fraction of sp³-hybridized carbons (Fsp3) is 0.0816. The van der Waals surface area contributed by atoms with Gasteiger partial charge in [0.25, 0.3) is 0 Å². The largest absolute Gasteiger partial charge is 0.205 e. The van der Waals surface area contributed by atoms with Crippen LogP contribution in [0.3, 0.4) is 0 Å². The highest BCUT2D eigenvalue weighted by Gasteiger charge is 2.18. The van der Waals surface area contributed by atoms with E-state index in [1.165, 1.54) is 55.9 Å². The lowest BCUT2D eigenvalue weighted by Crippen LogP contribution is -2.38. The van der Waals surface area contributed by atoms with Crippen molar-refractivity contribution in [3.63, 3.8) is 0 Å². The Morgan fingerprint density at radius 2 is 0.640 bits per heavy atom. The third-order valence-corrected chi connectivity index (χ3v) is 9.44. The molecule has 7 aromatic rings. The normalized spacial score (nSPS) is 11.6. The Morgan fingerprint density at radius 3 is 0.940 bits per heavy atom. The first kappa shape index (κ1) is 32.5. The topological polar surface area (TPSA) is 3.88 Å². The van der Waals surface area contributed by atoms with Gasteiger partial charge in [0.05, 0.1) is 0 Å². The van der Waals surface area contributed by atoms with E-state index in [9.17, 15) is 0 Å². The highest BCUT2D eigenvalue weighted by Crippen LogP contribution is 2.33. The second-order valence-electron chi connectivity index (χ2n) is 12.6. The van der Waals surface area contributed by atoms with Crippen molar-refractivity contribution in [3.8, 4) is 0 Å². The number of pyridine rings is 1. The second kappa shape index (κ2) is 15.9. The molecular weight excluding hydrogens is 603 g/mol. The molecule has 0 radical (unpaired) electrons. The van der Waals surface area contributed by atoms with E-state index >= 15 is 0 Å². The van der Waals surface area contributed by atoms with E-state index in [0.717, 1.165) is 6.54 Å². The van der Waals surface area contributed by atoms with Crippen molar-refractivity contribution in [1.82, 2.24) is 0 Å². The molecule has 0 bridgehead atoms. The Hall–Kier alpha value is -6.05. The van der Waals surface area contributed by atoms with Gasteiger partial charge in [-0.25, -0.2) is 0 Å². The number of rotatable bonds is 11. The molecule has 1 aromatic heterocycles. The van der Waals surface area contributed by atoms with Crippen molar-refractivity contribution in [3.05, 3.63) is 244 Å². The van der Waals surface area contributed by atoms with E-state index in [2.05, 4.69) is 224 Å². The first-order valence-electron chi connectivity index (χ1n) is 17.6. The van der Waals surface area contributed by atoms with Crippen molar-refractivity contribution in [2.45, 2.75) is 25.3 Å². The molecule has 50 heavy (non-hydrogen) atoms. The summed E-state index contributed by atoms with van der Waals surface area (Å²) in [6.07, 6.45) is 8.88. The zero-order valence-electron chi connectivity index (χ0n) is 28.5. The molecule has 0 spiro atoms. The predicted molar refractivity (Wildman–Crippen MR) is 211 cm³/mol. The van der Waals surface area contributed by atoms with Crippen molar-refractivity contribution in [2.75, 3.05) is 0 Å². The third-order valence-electron chi connectivity index (χ3n) is 9.44. The van der Waals surface area contributed by atoms with Crippen LogP contribution in [0.2, 0.25) is 0 Å². The van der Waals surface area contributed by atoms with E-state index in [0.29, 0.717) is 0 Å². The number of aromatic nitrogens is 1. The average molecular weight is 645 g/mol. The van der Waals surface area contributed by atoms with Gasteiger partial charge >= 0.3 is 0 Å². The van der Waals surface area contributed by atoms with Crippen LogP contribution in [0.5, 0.6) is 0 Å². The fourth-order valence-corrected chi connectivity index (χ4v) is 6.93. The van der Waals surface area contributed by atoms with Gasteiger partial charge in [0.15, 0.2) is 0 Å². The van der Waals surface area contributed by atoms with E-state index < -0.39 is 0 Å². The van der Waals surface area contributed by atoms with Crippen LogP contribution in [0.4, 0.5) is 0 Å². The quantitative estimate of drug-likeness (QED) is 0.0974. The van der Waals surface area contributed by atoms with Crippen LogP contribution in [0.25, 0.3) is 24.3 Å². The van der Waals surface area contributed by atoms with Gasteiger partial charge in [-0.2, -0.15) is 4.57 Å². The van der Waals surface area contributed by atoms with Crippen LogP contribution in [-0.2, 0) is 6.54 Å². The Morgan fingerprint density at radius 1 is 0.340 bits per heavy atom. The van der Waals surface area contributed by atoms with E-state index in [1.807, 2.05) is 0 Å². The molecule has 6 aromatic carbocycles. The van der Waals surface area contributed by atoms with Gasteiger partial charge < -0.3 is 0 Å². The molecular formula is C49H42N+. The van der Waals surface area contributed by atoms with Gasteiger partial charge in [0, 0.05) is 36.1 Å². The lowest BCUT2D eigenvalue weighted by molar-refractivity contribution is -0.696. The number of hydrogen-bond acceptors (Lipinski definition) is 0. The van der Waals surface area contributed by atoms with Crippen molar-refractivity contribution in [1.29, 1.82) is 0 Å². The van der Waals surface area contributed by atoms with E-state index in [-0.39, 0.29) is 11.8 Å². The summed E-state index contributed by atoms with van der Waals surface area (Å²) in [4.78, 5) is 0. The lowest BCUT2D eigenvalue weighted by Gasteiger charge is -2.19. The highest BCUT2D eigenvalue weighted by molar-refractivity contribution is 5.69. The maximum Gasteiger partial charge on any atom is 0.205 e. The van der Waals surface area contributed by atoms with Gasteiger partial charge in [-0.1, -0.05) is 170 Å². The van der Waals surface area contributed by atoms with Gasteiger partial charge in [0.2, 0.25) is 11.4 Å². The van der Waals surface area contributed by atoms with Gasteiger partial charge in [0.1, 0.15) is 6.54 Å². The number of nitrogens with zero attached hydrogens (tertiary/aromatic N) is 1. The summed E-state index contributed by atoms with van der Waals surface area (Å²) in [5.74, 6) is 0.401. The Bertz CT molecular complexity index is 1910. The summed E-state index contributed by atoms with van der Waals surface area (Å²) in [7, 11) is 0. The van der Waals surface area contributed by atoms with Crippen molar-refractivity contribution < 1.29 is 4.57 Å². The standard InChI is InChI=1S/C49H42N/c1-2-50-46(36-30-38-26-32-44(33-27-38)48(40-16-7-3-8-17-40)41-18-9-4-10-19-41)24-15-25-47(50)37-31-39-28-34-45(35-29-39)49(42-20-11-5-12-21-42)43-22-13-6-14-23-43/h3-37,48-49H,2H2,1H3/q+1/b36-30+,37-31+. The Kier molecular flexibility index (Phi) is 10.3. The minimum Gasteiger partial charge on any atom is -0.193 e. The zero-order valence-corrected chi connectivity index (χ0v) is 28.5. The molecule has 1 heteroatoms. The Balaban J connectivity index is 1.09. The third kappa shape index (κ3) is 7.64. The van der Waals surface area contributed by atoms with Crippen molar-refractivity contribution in [2.24, 2.45) is 0 Å². The molecule has 242 valence electrons. The maximum absolute atomic E-state index is 2.36. The van der Waals surface area contributed by atoms with Crippen LogP contribution < -0.4 is 4.57 Å². The van der Waals surface area contributed by atoms with E-state index in [4.69, 9.17) is 0 Å². The summed E-state index contributed by atoms with van der Waals surface area (Å²) in [5, 5.41) is 0. The summed E-state index contributed by atoms with van der Waals surface area (Å²) in [5.41, 5.74) is 12.5. The SMILES string of the molecule is CC[n+]1c(/C=C/c2ccc(C(c3ccccc3)c3ccccc3)cc2)cccc1/C=C/c1ccc(C(c2ccccc2)c2ccccc2)cc1. The molecule has 0 saturated heterocycles. The van der Waals surface area contributed by atoms with Crippen LogP contribution in [0.1, 0.15) is 74.7 Å². The summed E-state index contributed by atoms with van der Waals surface area (Å²) >= 11 is 0. The smallest absolute Gasteiger partial charge is 0.193 e. The first-order chi connectivity index (χ1) is 24.8. The van der Waals surface area contributed by atoms with E-state index in [1.54, 1.807) is 0 Å². The molecule has 0 saturated carbocycles. The minimum absolute atomic E-state index is 0.200. The molecule has 1 heterocycles. The lowest BCUT2D eigenvalue weighted by atomic mass is 9.85. The molecule has 0 fully saturated rings. The molecule has 0 N–H and O–H groups in total. The molecule has 7 rings (SSSR count). The zero-order chi connectivity index (χ0) is 34.0. The molecule has 0 amide bonds. The second-order valence-corrected chi connectivity index (χ2v) is 12.6. The summed E-state index contributed by atoms with van der Waals surface area (Å²) in [6.45, 7) is 3.09. The Labute approximate surface area is 297 Å². The van der Waals surface area contributed by atoms with Gasteiger partial charge in [-0.05, 0) is 69.6 Å². The minimum atomic E-state index is 0.200. The number of hydrogen-bond donors (Lipinski definition) is 0. The van der Waals surface area contributed by atoms with Crippen LogP contribution in [0.15, 0.2) is 188 Å². The molecule has 0 aliphatic carbocycles. The number of benzene rings is 6. The highest BCUT2D eigenvalue weighted by atomic mass is 15.0. The first-order valence-corrected chi connectivity index (χ1v) is 17.6. The average Bonchev–Trinajstić information content (AvgIpc) is 3.19. The summed E-state index contributed by atoms with van der Waals surface area (Å²) < 4.78 is 2.36. The molecule has 0 aliphatic rings. The summed E-state index contributed by atoms with van der Waals surface area (Å²) in [6, 6.07) is 67.6. The monoisotopic (exact) mass is 644 g/mol. The molecule has 0 unspecified atom stereocenters. The molecule has 1 nitrogen and oxygen atoms in total. The van der Waals surface area contributed by atoms with Gasteiger partial charge in [-0.15, -0.1) is 0 Å². The molecule has 0 atom stereocenters. The van der Waals surface area contributed by atoms with Crippen LogP contribution >= 0.6 is 0 Å². The molecule has 0 aliphatic heterocycles. The fourth-order valence-electron chi connectivity index (χ4n) is 6.93.